The summed E-state index contributed by atoms with van der Waals surface area (Å²) >= 11 is 0. The van der Waals surface area contributed by atoms with Gasteiger partial charge in [0.15, 0.2) is 0 Å². The molecule has 0 aliphatic carbocycles. The fourth-order valence-electron chi connectivity index (χ4n) is 2.79. The topological polar surface area (TPSA) is 106 Å². The van der Waals surface area contributed by atoms with Gasteiger partial charge in [-0.15, -0.1) is 0 Å². The Balaban J connectivity index is 1.86. The Morgan fingerprint density at radius 1 is 1.19 bits per heavy atom. The summed E-state index contributed by atoms with van der Waals surface area (Å²) < 4.78 is 15.7. The Morgan fingerprint density at radius 2 is 1.96 bits per heavy atom. The summed E-state index contributed by atoms with van der Waals surface area (Å²) in [4.78, 5) is 23.8. The Hall–Kier alpha value is -2.42. The number of carbonyl (C=O) groups excluding carboxylic acids is 2. The zero-order chi connectivity index (χ0) is 19.6. The average Bonchev–Trinajstić information content (AvgIpc) is 2.68. The molecule has 0 saturated heterocycles. The van der Waals surface area contributed by atoms with Crippen molar-refractivity contribution >= 4 is 11.8 Å². The number of para-hydroxylation sites is 1. The van der Waals surface area contributed by atoms with Gasteiger partial charge in [-0.3, -0.25) is 9.59 Å². The minimum atomic E-state index is -0.622. The highest BCUT2D eigenvalue weighted by atomic mass is 16.5. The number of carbonyl (C=O) groups is 2. The van der Waals surface area contributed by atoms with E-state index in [2.05, 4.69) is 10.6 Å². The maximum atomic E-state index is 12.2. The second kappa shape index (κ2) is 10.7. The first kappa shape index (κ1) is 20.9. The van der Waals surface area contributed by atoms with Gasteiger partial charge in [0.2, 0.25) is 11.8 Å². The van der Waals surface area contributed by atoms with Crippen LogP contribution in [0.15, 0.2) is 36.4 Å². The molecule has 8 heteroatoms. The number of ether oxygens (including phenoxy) is 3. The van der Waals surface area contributed by atoms with Crippen molar-refractivity contribution in [1.29, 1.82) is 0 Å². The number of hydrogen-bond donors (Lipinski definition) is 3. The van der Waals surface area contributed by atoms with E-state index in [1.807, 2.05) is 24.3 Å². The summed E-state index contributed by atoms with van der Waals surface area (Å²) in [7, 11) is 3.01. The predicted molar refractivity (Wildman–Crippen MR) is 98.2 cm³/mol. The number of aliphatic hydroxyl groups is 1. The van der Waals surface area contributed by atoms with Gasteiger partial charge >= 0.3 is 0 Å². The summed E-state index contributed by atoms with van der Waals surface area (Å²) in [6, 6.07) is 6.98. The molecule has 0 saturated carbocycles. The van der Waals surface area contributed by atoms with Crippen LogP contribution in [0.1, 0.15) is 12.0 Å². The van der Waals surface area contributed by atoms with Gasteiger partial charge in [0, 0.05) is 19.2 Å². The molecule has 0 unspecified atom stereocenters. The molecule has 27 heavy (non-hydrogen) atoms. The summed E-state index contributed by atoms with van der Waals surface area (Å²) in [5.41, 5.74) is 0.877. The molecule has 2 amide bonds. The molecule has 0 bridgehead atoms. The van der Waals surface area contributed by atoms with Crippen molar-refractivity contribution in [2.75, 3.05) is 27.4 Å². The lowest BCUT2D eigenvalue weighted by Gasteiger charge is -2.31. The van der Waals surface area contributed by atoms with E-state index in [0.29, 0.717) is 12.3 Å². The van der Waals surface area contributed by atoms with E-state index < -0.39 is 18.2 Å². The van der Waals surface area contributed by atoms with Gasteiger partial charge in [0.1, 0.15) is 18.5 Å². The maximum Gasteiger partial charge on any atom is 0.246 e. The van der Waals surface area contributed by atoms with Crippen molar-refractivity contribution < 1.29 is 28.9 Å². The monoisotopic (exact) mass is 378 g/mol. The number of amides is 2. The third-order valence-corrected chi connectivity index (χ3v) is 4.12. The second-order valence-electron chi connectivity index (χ2n) is 6.10. The number of benzene rings is 1. The normalized spacial score (nSPS) is 21.5. The third kappa shape index (κ3) is 6.35. The number of nitrogens with one attached hydrogen (secondary N) is 2. The predicted octanol–water partition coefficient (Wildman–Crippen LogP) is 0.149. The number of methoxy groups -OCH3 is 2. The Morgan fingerprint density at radius 3 is 2.67 bits per heavy atom. The molecule has 0 spiro atoms. The summed E-state index contributed by atoms with van der Waals surface area (Å²) in [5, 5.41) is 15.0. The summed E-state index contributed by atoms with van der Waals surface area (Å²) in [5.74, 6) is 0.220. The Labute approximate surface area is 158 Å². The molecule has 1 aromatic carbocycles. The fraction of sp³-hybridized carbons (Fsp3) is 0.474. The molecule has 1 aliphatic heterocycles. The van der Waals surface area contributed by atoms with Gasteiger partial charge < -0.3 is 30.0 Å². The van der Waals surface area contributed by atoms with Gasteiger partial charge in [0.05, 0.1) is 32.3 Å². The lowest BCUT2D eigenvalue weighted by molar-refractivity contribution is -0.130. The molecule has 148 valence electrons. The highest BCUT2D eigenvalue weighted by Crippen LogP contribution is 2.18. The van der Waals surface area contributed by atoms with Crippen LogP contribution in [-0.4, -0.2) is 62.6 Å². The van der Waals surface area contributed by atoms with Gasteiger partial charge in [-0.1, -0.05) is 30.4 Å². The van der Waals surface area contributed by atoms with E-state index >= 15 is 0 Å². The van der Waals surface area contributed by atoms with Crippen molar-refractivity contribution in [3.63, 3.8) is 0 Å². The molecule has 1 heterocycles. The Kier molecular flexibility index (Phi) is 8.25. The van der Waals surface area contributed by atoms with Crippen LogP contribution in [0.2, 0.25) is 0 Å². The van der Waals surface area contributed by atoms with Crippen LogP contribution in [0.3, 0.4) is 0 Å². The van der Waals surface area contributed by atoms with Crippen molar-refractivity contribution in [3.05, 3.63) is 42.0 Å². The molecule has 1 aromatic rings. The van der Waals surface area contributed by atoms with Crippen LogP contribution in [0.25, 0.3) is 0 Å². The first-order valence-corrected chi connectivity index (χ1v) is 8.69. The highest BCUT2D eigenvalue weighted by molar-refractivity contribution is 5.78. The van der Waals surface area contributed by atoms with Gasteiger partial charge in [-0.2, -0.15) is 0 Å². The van der Waals surface area contributed by atoms with Crippen LogP contribution in [-0.2, 0) is 25.6 Å². The minimum Gasteiger partial charge on any atom is -0.496 e. The lowest BCUT2D eigenvalue weighted by atomic mass is 10.0. The van der Waals surface area contributed by atoms with Gasteiger partial charge in [0.25, 0.3) is 0 Å². The first-order valence-electron chi connectivity index (χ1n) is 8.69. The zero-order valence-corrected chi connectivity index (χ0v) is 15.5. The molecule has 0 radical (unpaired) electrons. The number of rotatable bonds is 9. The van der Waals surface area contributed by atoms with E-state index in [-0.39, 0.29) is 31.4 Å². The second-order valence-corrected chi connectivity index (χ2v) is 6.10. The smallest absolute Gasteiger partial charge is 0.246 e. The molecular weight excluding hydrogens is 352 g/mol. The fourth-order valence-corrected chi connectivity index (χ4v) is 2.79. The van der Waals surface area contributed by atoms with E-state index in [4.69, 9.17) is 14.2 Å². The van der Waals surface area contributed by atoms with Crippen LogP contribution < -0.4 is 15.4 Å². The van der Waals surface area contributed by atoms with Gasteiger partial charge in [-0.25, -0.2) is 0 Å². The quantitative estimate of drug-likeness (QED) is 0.528. The maximum absolute atomic E-state index is 12.2. The van der Waals surface area contributed by atoms with Crippen LogP contribution in [0.5, 0.6) is 5.75 Å². The molecule has 8 nitrogen and oxygen atoms in total. The van der Waals surface area contributed by atoms with Crippen molar-refractivity contribution in [2.45, 2.75) is 31.2 Å². The van der Waals surface area contributed by atoms with Crippen molar-refractivity contribution in [1.82, 2.24) is 10.6 Å². The lowest BCUT2D eigenvalue weighted by Crippen LogP contribution is -2.49. The third-order valence-electron chi connectivity index (χ3n) is 4.12. The average molecular weight is 378 g/mol. The summed E-state index contributed by atoms with van der Waals surface area (Å²) in [6.45, 7) is -0.00270. The SMILES string of the molecule is COCC(=O)N[C@H]1C=C[C@H](CC(=O)NCc2ccccc2OC)O[C@H]1CO. The minimum absolute atomic E-state index is 0.0722. The Bertz CT molecular complexity index is 663. The number of hydrogen-bond acceptors (Lipinski definition) is 6. The van der Waals surface area contributed by atoms with Crippen molar-refractivity contribution in [3.8, 4) is 5.75 Å². The number of aliphatic hydroxyl groups excluding tert-OH is 1. The van der Waals surface area contributed by atoms with E-state index in [1.54, 1.807) is 19.3 Å². The molecule has 2 rings (SSSR count). The zero-order valence-electron chi connectivity index (χ0n) is 15.5. The molecule has 3 N–H and O–H groups in total. The van der Waals surface area contributed by atoms with Gasteiger partial charge in [-0.05, 0) is 6.07 Å². The van der Waals surface area contributed by atoms with Crippen LogP contribution in [0, 0.1) is 0 Å². The molecular formula is C19H26N2O6. The van der Waals surface area contributed by atoms with Crippen molar-refractivity contribution in [2.24, 2.45) is 0 Å². The first-order chi connectivity index (χ1) is 13.1. The largest absolute Gasteiger partial charge is 0.496 e. The standard InChI is InChI=1S/C19H26N2O6/c1-25-12-19(24)21-15-8-7-14(27-17(15)11-22)9-18(23)20-10-13-5-3-4-6-16(13)26-2/h3-8,14-15,17,22H,9-12H2,1-2H3,(H,20,23)(H,21,24)/t14-,15+,17+/m1/s1. The summed E-state index contributed by atoms with van der Waals surface area (Å²) in [6.07, 6.45) is 2.46. The van der Waals surface area contributed by atoms with Crippen LogP contribution >= 0.6 is 0 Å². The van der Waals surface area contributed by atoms with E-state index in [0.717, 1.165) is 5.56 Å². The molecule has 1 aliphatic rings. The molecule has 0 aromatic heterocycles. The van der Waals surface area contributed by atoms with E-state index in [1.165, 1.54) is 7.11 Å². The van der Waals surface area contributed by atoms with E-state index in [9.17, 15) is 14.7 Å². The molecule has 3 atom stereocenters. The highest BCUT2D eigenvalue weighted by Gasteiger charge is 2.28. The van der Waals surface area contributed by atoms with Crippen LogP contribution in [0.4, 0.5) is 0 Å². The molecule has 0 fully saturated rings.